The number of aromatic nitrogens is 3. The maximum absolute atomic E-state index is 13.3. The van der Waals surface area contributed by atoms with Crippen LogP contribution < -0.4 is 15.5 Å². The molecule has 1 saturated heterocycles. The summed E-state index contributed by atoms with van der Waals surface area (Å²) in [5, 5.41) is 9.38. The summed E-state index contributed by atoms with van der Waals surface area (Å²) in [6.45, 7) is -1.27. The van der Waals surface area contributed by atoms with Gasteiger partial charge in [0.15, 0.2) is 16.0 Å². The first-order chi connectivity index (χ1) is 18.5. The Morgan fingerprint density at radius 1 is 1.10 bits per heavy atom. The zero-order valence-corrected chi connectivity index (χ0v) is 21.5. The molecule has 7 rings (SSSR count). The number of nitrogens with zero attached hydrogens (tertiary/aromatic N) is 4. The third-order valence-corrected chi connectivity index (χ3v) is 8.80. The minimum Gasteiger partial charge on any atom is -0.337 e. The number of imide groups is 1. The molecule has 0 radical (unpaired) electrons. The Kier molecular flexibility index (Phi) is 5.10. The molecule has 2 N–H and O–H groups in total. The maximum Gasteiger partial charge on any atom is 0.406 e. The smallest absolute Gasteiger partial charge is 0.337 e. The van der Waals surface area contributed by atoms with Crippen LogP contribution in [0.5, 0.6) is 0 Å². The molecule has 2 aliphatic heterocycles. The molecule has 1 spiro atoms. The summed E-state index contributed by atoms with van der Waals surface area (Å²) in [4.78, 5) is 42.2. The summed E-state index contributed by atoms with van der Waals surface area (Å²) in [7, 11) is 0. The average molecular weight is 579 g/mol. The number of fused-ring (bicyclic) bond motifs is 3. The first-order valence-electron chi connectivity index (χ1n) is 12.3. The number of nitrogens with one attached hydrogen (secondary N) is 2. The molecule has 39 heavy (non-hydrogen) atoms. The summed E-state index contributed by atoms with van der Waals surface area (Å²) < 4.78 is 41.4. The van der Waals surface area contributed by atoms with E-state index in [1.54, 1.807) is 18.2 Å². The minimum atomic E-state index is -4.52. The number of carbonyl (C=O) groups is 3. The van der Waals surface area contributed by atoms with Crippen molar-refractivity contribution in [3.63, 3.8) is 0 Å². The van der Waals surface area contributed by atoms with Crippen LogP contribution in [0.2, 0.25) is 10.3 Å². The van der Waals surface area contributed by atoms with Gasteiger partial charge in [0, 0.05) is 17.8 Å². The second-order valence-electron chi connectivity index (χ2n) is 10.5. The Morgan fingerprint density at radius 2 is 1.87 bits per heavy atom. The van der Waals surface area contributed by atoms with E-state index in [0.29, 0.717) is 41.9 Å². The highest BCUT2D eigenvalue weighted by Gasteiger charge is 2.60. The first kappa shape index (κ1) is 24.6. The zero-order chi connectivity index (χ0) is 27.4. The number of hydrogen-bond donors (Lipinski definition) is 2. The molecule has 3 fully saturated rings. The lowest BCUT2D eigenvalue weighted by molar-refractivity contribution is -0.132. The number of hydrogen-bond acceptors (Lipinski definition) is 5. The maximum atomic E-state index is 13.3. The molecule has 0 bridgehead atoms. The SMILES string of the molecule is O=C1NCC(c2cc([C@H]3C[C@@H]3c3ccc4c(c3)N(CC(F)(F)F)C(=O)C43CC3)c3nc(Cl)c(Cl)n3n2)C(=O)N1. The average Bonchev–Trinajstić information content (AvgIpc) is 3.79. The molecule has 1 aromatic carbocycles. The van der Waals surface area contributed by atoms with E-state index in [9.17, 15) is 27.6 Å². The molecule has 1 unspecified atom stereocenters. The number of amides is 4. The molecule has 2 saturated carbocycles. The topological polar surface area (TPSA) is 109 Å². The van der Waals surface area contributed by atoms with E-state index in [0.717, 1.165) is 16.0 Å². The molecule has 4 amide bonds. The van der Waals surface area contributed by atoms with Gasteiger partial charge in [0.25, 0.3) is 0 Å². The largest absolute Gasteiger partial charge is 0.406 e. The van der Waals surface area contributed by atoms with Crippen LogP contribution >= 0.6 is 23.2 Å². The van der Waals surface area contributed by atoms with Crippen molar-refractivity contribution in [2.45, 2.75) is 48.6 Å². The predicted molar refractivity (Wildman–Crippen MR) is 133 cm³/mol. The molecule has 3 atom stereocenters. The molecule has 202 valence electrons. The Bertz CT molecular complexity index is 1620. The number of rotatable bonds is 4. The van der Waals surface area contributed by atoms with Crippen LogP contribution in [0, 0.1) is 0 Å². The van der Waals surface area contributed by atoms with Crippen LogP contribution in [0.3, 0.4) is 0 Å². The molecular weight excluding hydrogens is 560 g/mol. The summed E-state index contributed by atoms with van der Waals surface area (Å²) in [6, 6.07) is 6.51. The Labute approximate surface area is 228 Å². The van der Waals surface area contributed by atoms with Gasteiger partial charge in [-0.2, -0.15) is 18.3 Å². The van der Waals surface area contributed by atoms with Gasteiger partial charge in [-0.05, 0) is 54.4 Å². The van der Waals surface area contributed by atoms with Gasteiger partial charge in [-0.15, -0.1) is 0 Å². The molecule has 4 aliphatic rings. The van der Waals surface area contributed by atoms with E-state index >= 15 is 0 Å². The minimum absolute atomic E-state index is 0.0368. The van der Waals surface area contributed by atoms with Crippen LogP contribution in [-0.2, 0) is 15.0 Å². The highest BCUT2D eigenvalue weighted by atomic mass is 35.5. The Balaban J connectivity index is 1.26. The lowest BCUT2D eigenvalue weighted by atomic mass is 9.95. The van der Waals surface area contributed by atoms with Gasteiger partial charge in [-0.3, -0.25) is 14.9 Å². The van der Waals surface area contributed by atoms with Crippen molar-refractivity contribution in [3.05, 3.63) is 57.0 Å². The summed E-state index contributed by atoms with van der Waals surface area (Å²) >= 11 is 12.5. The van der Waals surface area contributed by atoms with Gasteiger partial charge in [0.1, 0.15) is 6.54 Å². The van der Waals surface area contributed by atoms with Crippen molar-refractivity contribution in [2.24, 2.45) is 0 Å². The van der Waals surface area contributed by atoms with E-state index in [1.165, 1.54) is 4.52 Å². The quantitative estimate of drug-likeness (QED) is 0.483. The highest BCUT2D eigenvalue weighted by Crippen LogP contribution is 2.61. The number of imidazole rings is 1. The van der Waals surface area contributed by atoms with Gasteiger partial charge >= 0.3 is 12.2 Å². The first-order valence-corrected chi connectivity index (χ1v) is 13.1. The van der Waals surface area contributed by atoms with Gasteiger partial charge in [0.2, 0.25) is 11.8 Å². The fourth-order valence-corrected chi connectivity index (χ4v) is 6.29. The fourth-order valence-electron chi connectivity index (χ4n) is 5.97. The summed E-state index contributed by atoms with van der Waals surface area (Å²) in [5.41, 5.74) is 2.46. The molecule has 14 heteroatoms. The lowest BCUT2D eigenvalue weighted by Gasteiger charge is -2.22. The van der Waals surface area contributed by atoms with E-state index in [1.807, 2.05) is 6.07 Å². The standard InChI is InChI=1S/C25H19Cl2F3N6O3/c26-18-19(27)36-20(32-18)13(7-16(34-36)14-8-31-23(39)33-21(14)37)12-6-11(12)10-1-2-15-17(5-10)35(9-25(28,29)30)22(38)24(15)3-4-24/h1-2,5,7,11-12,14H,3-4,6,8-9H2,(H2,31,33,37,39)/t11-,12+,14?/m1/s1. The Hall–Kier alpha value is -3.38. The summed E-state index contributed by atoms with van der Waals surface area (Å²) in [5.74, 6) is -1.93. The van der Waals surface area contributed by atoms with Crippen LogP contribution in [0.1, 0.15) is 59.4 Å². The molecule has 3 aromatic rings. The van der Waals surface area contributed by atoms with Crippen LogP contribution in [0.25, 0.3) is 5.65 Å². The molecule has 4 heterocycles. The number of alkyl halides is 3. The highest BCUT2D eigenvalue weighted by molar-refractivity contribution is 6.40. The van der Waals surface area contributed by atoms with E-state index in [-0.39, 0.29) is 28.7 Å². The fraction of sp³-hybridized carbons (Fsp3) is 0.400. The number of carbonyl (C=O) groups excluding carboxylic acids is 3. The van der Waals surface area contributed by atoms with Gasteiger partial charge < -0.3 is 10.2 Å². The van der Waals surface area contributed by atoms with Crippen LogP contribution in [0.15, 0.2) is 24.3 Å². The zero-order valence-electron chi connectivity index (χ0n) is 20.0. The molecular formula is C25H19Cl2F3N6O3. The monoisotopic (exact) mass is 578 g/mol. The van der Waals surface area contributed by atoms with Crippen molar-refractivity contribution >= 4 is 52.4 Å². The van der Waals surface area contributed by atoms with Crippen LogP contribution in [-0.4, -0.2) is 51.7 Å². The van der Waals surface area contributed by atoms with E-state index in [2.05, 4.69) is 20.7 Å². The number of anilines is 1. The third kappa shape index (κ3) is 3.79. The number of halogens is 5. The number of benzene rings is 1. The lowest BCUT2D eigenvalue weighted by Crippen LogP contribution is -2.51. The second kappa shape index (κ2) is 8.07. The van der Waals surface area contributed by atoms with Gasteiger partial charge in [0.05, 0.1) is 17.0 Å². The van der Waals surface area contributed by atoms with E-state index < -0.39 is 41.9 Å². The molecule has 2 aliphatic carbocycles. The van der Waals surface area contributed by atoms with Crippen LogP contribution in [0.4, 0.5) is 23.7 Å². The normalized spacial score (nSPS) is 25.2. The predicted octanol–water partition coefficient (Wildman–Crippen LogP) is 4.17. The van der Waals surface area contributed by atoms with Crippen molar-refractivity contribution in [1.82, 2.24) is 25.2 Å². The number of urea groups is 1. The summed E-state index contributed by atoms with van der Waals surface area (Å²) in [6.07, 6.45) is -2.76. The van der Waals surface area contributed by atoms with E-state index in [4.69, 9.17) is 23.2 Å². The van der Waals surface area contributed by atoms with Gasteiger partial charge in [-0.1, -0.05) is 35.3 Å². The van der Waals surface area contributed by atoms with Crippen molar-refractivity contribution < 1.29 is 27.6 Å². The second-order valence-corrected chi connectivity index (χ2v) is 11.2. The molecule has 9 nitrogen and oxygen atoms in total. The third-order valence-electron chi connectivity index (χ3n) is 8.10. The van der Waals surface area contributed by atoms with Crippen molar-refractivity contribution in [3.8, 4) is 0 Å². The van der Waals surface area contributed by atoms with Gasteiger partial charge in [-0.25, -0.2) is 14.3 Å². The van der Waals surface area contributed by atoms with Crippen molar-refractivity contribution in [1.29, 1.82) is 0 Å². The Morgan fingerprint density at radius 3 is 2.56 bits per heavy atom. The molecule has 2 aromatic heterocycles. The van der Waals surface area contributed by atoms with Crippen molar-refractivity contribution in [2.75, 3.05) is 18.0 Å².